The Labute approximate surface area is 122 Å². The maximum Gasteiger partial charge on any atom is 0.337 e. The lowest BCUT2D eigenvalue weighted by molar-refractivity contribution is -0.386. The number of carbonyl (C=O) groups is 1. The Morgan fingerprint density at radius 3 is 2.60 bits per heavy atom. The van der Waals surface area contributed by atoms with E-state index in [0.29, 0.717) is 4.47 Å². The van der Waals surface area contributed by atoms with Crippen molar-refractivity contribution in [3.8, 4) is 5.69 Å². The summed E-state index contributed by atoms with van der Waals surface area (Å²) in [6, 6.07) is 4.64. The lowest BCUT2D eigenvalue weighted by Crippen LogP contribution is -2.08. The minimum atomic E-state index is -1.13. The van der Waals surface area contributed by atoms with Gasteiger partial charge < -0.3 is 5.11 Å². The van der Waals surface area contributed by atoms with Gasteiger partial charge in [-0.25, -0.2) is 9.48 Å². The number of aromatic carboxylic acids is 1. The van der Waals surface area contributed by atoms with Crippen molar-refractivity contribution in [2.24, 2.45) is 0 Å². The number of aromatic nitrogens is 2. The van der Waals surface area contributed by atoms with Gasteiger partial charge in [0, 0.05) is 4.47 Å². The first-order valence-corrected chi connectivity index (χ1v) is 6.36. The number of halogens is 1. The highest BCUT2D eigenvalue weighted by Crippen LogP contribution is 2.27. The van der Waals surface area contributed by atoms with Crippen LogP contribution in [-0.4, -0.2) is 25.8 Å². The third-order valence-electron chi connectivity index (χ3n) is 2.85. The number of carboxylic acids is 1. The molecule has 8 heteroatoms. The van der Waals surface area contributed by atoms with Crippen LogP contribution in [0.25, 0.3) is 5.69 Å². The summed E-state index contributed by atoms with van der Waals surface area (Å²) < 4.78 is 1.89. The van der Waals surface area contributed by atoms with Crippen molar-refractivity contribution >= 4 is 27.6 Å². The maximum atomic E-state index is 11.3. The van der Waals surface area contributed by atoms with E-state index in [1.54, 1.807) is 12.1 Å². The molecule has 0 radical (unpaired) electrons. The molecule has 0 saturated heterocycles. The predicted octanol–water partition coefficient (Wildman–Crippen LogP) is 2.86. The fourth-order valence-electron chi connectivity index (χ4n) is 2.00. The van der Waals surface area contributed by atoms with Crippen molar-refractivity contribution in [3.05, 3.63) is 49.7 Å². The molecule has 0 aliphatic heterocycles. The Balaban J connectivity index is 2.73. The molecule has 0 unspecified atom stereocenters. The van der Waals surface area contributed by atoms with Crippen LogP contribution in [0.2, 0.25) is 0 Å². The first-order chi connectivity index (χ1) is 9.32. The van der Waals surface area contributed by atoms with Gasteiger partial charge in [-0.3, -0.25) is 10.1 Å². The highest BCUT2D eigenvalue weighted by atomic mass is 79.9. The van der Waals surface area contributed by atoms with Gasteiger partial charge in [0.05, 0.1) is 16.2 Å². The molecule has 0 spiro atoms. The summed E-state index contributed by atoms with van der Waals surface area (Å²) in [5.74, 6) is -1.13. The highest BCUT2D eigenvalue weighted by Gasteiger charge is 2.24. The molecule has 104 valence electrons. The van der Waals surface area contributed by atoms with E-state index in [9.17, 15) is 20.0 Å². The largest absolute Gasteiger partial charge is 0.478 e. The number of rotatable bonds is 3. The number of aryl methyl sites for hydroxylation is 1. The molecule has 1 heterocycles. The minimum Gasteiger partial charge on any atom is -0.478 e. The van der Waals surface area contributed by atoms with Crippen molar-refractivity contribution in [1.29, 1.82) is 0 Å². The molecule has 2 rings (SSSR count). The Morgan fingerprint density at radius 2 is 2.10 bits per heavy atom. The fraction of sp³-hybridized carbons (Fsp3) is 0.167. The molecule has 1 N–H and O–H groups in total. The van der Waals surface area contributed by atoms with E-state index in [1.807, 2.05) is 0 Å². The summed E-state index contributed by atoms with van der Waals surface area (Å²) in [5, 5.41) is 24.3. The van der Waals surface area contributed by atoms with E-state index in [1.165, 1.54) is 24.6 Å². The smallest absolute Gasteiger partial charge is 0.337 e. The van der Waals surface area contributed by atoms with Crippen LogP contribution in [0.4, 0.5) is 5.69 Å². The van der Waals surface area contributed by atoms with Crippen LogP contribution in [0.3, 0.4) is 0 Å². The summed E-state index contributed by atoms with van der Waals surface area (Å²) in [4.78, 5) is 21.8. The molecule has 0 aliphatic rings. The van der Waals surface area contributed by atoms with Gasteiger partial charge in [-0.1, -0.05) is 15.9 Å². The third-order valence-corrected chi connectivity index (χ3v) is 3.35. The van der Waals surface area contributed by atoms with Crippen LogP contribution in [0.15, 0.2) is 22.7 Å². The number of nitrogens with zero attached hydrogens (tertiary/aromatic N) is 3. The summed E-state index contributed by atoms with van der Waals surface area (Å²) in [6.07, 6.45) is 0. The van der Waals surface area contributed by atoms with Gasteiger partial charge in [-0.15, -0.1) is 0 Å². The summed E-state index contributed by atoms with van der Waals surface area (Å²) in [6.45, 7) is 3.05. The quantitative estimate of drug-likeness (QED) is 0.684. The lowest BCUT2D eigenvalue weighted by atomic mass is 10.2. The Hall–Kier alpha value is -2.22. The Morgan fingerprint density at radius 1 is 1.45 bits per heavy atom. The van der Waals surface area contributed by atoms with Crippen molar-refractivity contribution in [2.45, 2.75) is 13.8 Å². The number of nitro groups is 1. The minimum absolute atomic E-state index is 0.0138. The van der Waals surface area contributed by atoms with E-state index >= 15 is 0 Å². The van der Waals surface area contributed by atoms with Gasteiger partial charge in [0.1, 0.15) is 11.4 Å². The van der Waals surface area contributed by atoms with Crippen molar-refractivity contribution < 1.29 is 14.8 Å². The number of benzene rings is 1. The maximum absolute atomic E-state index is 11.3. The highest BCUT2D eigenvalue weighted by molar-refractivity contribution is 9.10. The second-order valence-corrected chi connectivity index (χ2v) is 5.07. The molecule has 0 aliphatic carbocycles. The third kappa shape index (κ3) is 2.29. The fourth-order valence-corrected chi connectivity index (χ4v) is 2.36. The van der Waals surface area contributed by atoms with E-state index in [4.69, 9.17) is 0 Å². The van der Waals surface area contributed by atoms with Crippen LogP contribution in [0.1, 0.15) is 21.7 Å². The number of hydrogen-bond donors (Lipinski definition) is 1. The summed E-state index contributed by atoms with van der Waals surface area (Å²) in [7, 11) is 0. The molecule has 0 fully saturated rings. The molecule has 0 bridgehead atoms. The zero-order valence-corrected chi connectivity index (χ0v) is 12.2. The van der Waals surface area contributed by atoms with E-state index in [0.717, 1.165) is 0 Å². The second-order valence-electron chi connectivity index (χ2n) is 4.15. The molecule has 7 nitrogen and oxygen atoms in total. The molecule has 2 aromatic rings. The zero-order valence-electron chi connectivity index (χ0n) is 10.6. The monoisotopic (exact) mass is 339 g/mol. The topological polar surface area (TPSA) is 98.3 Å². The van der Waals surface area contributed by atoms with Crippen molar-refractivity contribution in [1.82, 2.24) is 9.78 Å². The lowest BCUT2D eigenvalue weighted by Gasteiger charge is -2.08. The van der Waals surface area contributed by atoms with Gasteiger partial charge in [0.15, 0.2) is 0 Å². The number of carboxylic acid groups (broad SMARTS) is 1. The van der Waals surface area contributed by atoms with Gasteiger partial charge in [0.2, 0.25) is 0 Å². The second kappa shape index (κ2) is 5.04. The molecule has 0 saturated carbocycles. The van der Waals surface area contributed by atoms with Crippen LogP contribution >= 0.6 is 15.9 Å². The molecule has 20 heavy (non-hydrogen) atoms. The van der Waals surface area contributed by atoms with E-state index in [2.05, 4.69) is 21.0 Å². The first kappa shape index (κ1) is 14.2. The average molecular weight is 340 g/mol. The van der Waals surface area contributed by atoms with Crippen LogP contribution in [-0.2, 0) is 0 Å². The van der Waals surface area contributed by atoms with Gasteiger partial charge in [-0.05, 0) is 32.0 Å². The predicted molar refractivity (Wildman–Crippen MR) is 74.4 cm³/mol. The van der Waals surface area contributed by atoms with Crippen molar-refractivity contribution in [3.63, 3.8) is 0 Å². The molecule has 1 aromatic heterocycles. The van der Waals surface area contributed by atoms with E-state index in [-0.39, 0.29) is 28.3 Å². The molecule has 0 atom stereocenters. The van der Waals surface area contributed by atoms with E-state index < -0.39 is 10.9 Å². The molecular weight excluding hydrogens is 330 g/mol. The normalized spacial score (nSPS) is 10.6. The van der Waals surface area contributed by atoms with Gasteiger partial charge in [0.25, 0.3) is 0 Å². The van der Waals surface area contributed by atoms with Crippen LogP contribution < -0.4 is 0 Å². The molecule has 1 aromatic carbocycles. The Bertz CT molecular complexity index is 724. The van der Waals surface area contributed by atoms with Crippen LogP contribution in [0.5, 0.6) is 0 Å². The average Bonchev–Trinajstić information content (AvgIpc) is 2.64. The zero-order chi connectivity index (χ0) is 15.0. The first-order valence-electron chi connectivity index (χ1n) is 5.56. The van der Waals surface area contributed by atoms with Gasteiger partial charge >= 0.3 is 11.7 Å². The summed E-state index contributed by atoms with van der Waals surface area (Å²) in [5.41, 5.74) is 0.725. The molecular formula is C12H10BrN3O4. The standard InChI is InChI=1S/C12H10BrN3O4/c1-6-11(16(19)20)7(2)15(14-6)10-4-3-8(13)5-9(10)12(17)18/h3-5H,1-2H3,(H,17,18). The van der Waals surface area contributed by atoms with Gasteiger partial charge in [-0.2, -0.15) is 5.10 Å². The van der Waals surface area contributed by atoms with Crippen molar-refractivity contribution in [2.75, 3.05) is 0 Å². The SMILES string of the molecule is Cc1nn(-c2ccc(Br)cc2C(=O)O)c(C)c1[N+](=O)[O-]. The number of hydrogen-bond acceptors (Lipinski definition) is 4. The summed E-state index contributed by atoms with van der Waals surface area (Å²) >= 11 is 3.20. The Kier molecular flexibility index (Phi) is 3.58. The molecule has 0 amide bonds. The van der Waals surface area contributed by atoms with Crippen LogP contribution in [0, 0.1) is 24.0 Å².